The Morgan fingerprint density at radius 3 is 2.25 bits per heavy atom. The van der Waals surface area contributed by atoms with Crippen LogP contribution in [-0.2, 0) is 9.84 Å². The highest BCUT2D eigenvalue weighted by Gasteiger charge is 2.26. The highest BCUT2D eigenvalue weighted by Crippen LogP contribution is 2.33. The van der Waals surface area contributed by atoms with Crippen LogP contribution in [0.4, 0.5) is 0 Å². The molecule has 120 valence electrons. The van der Waals surface area contributed by atoms with E-state index in [9.17, 15) is 8.42 Å². The Labute approximate surface area is 125 Å². The summed E-state index contributed by atoms with van der Waals surface area (Å²) < 4.78 is 23.2. The second kappa shape index (κ2) is 9.04. The van der Waals surface area contributed by atoms with Crippen molar-refractivity contribution in [2.45, 2.75) is 71.8 Å². The molecule has 1 atom stereocenters. The maximum Gasteiger partial charge on any atom is 0.150 e. The molecule has 1 aliphatic rings. The Morgan fingerprint density at radius 2 is 1.75 bits per heavy atom. The van der Waals surface area contributed by atoms with Crippen LogP contribution in [0.1, 0.15) is 65.7 Å². The lowest BCUT2D eigenvalue weighted by Crippen LogP contribution is -2.38. The van der Waals surface area contributed by atoms with Crippen molar-refractivity contribution in [1.82, 2.24) is 5.32 Å². The Balaban J connectivity index is 2.40. The van der Waals surface area contributed by atoms with Crippen molar-refractivity contribution < 1.29 is 8.42 Å². The normalized spacial score (nSPS) is 25.6. The lowest BCUT2D eigenvalue weighted by molar-refractivity contribution is 0.212. The van der Waals surface area contributed by atoms with Crippen LogP contribution < -0.4 is 5.32 Å². The zero-order valence-electron chi connectivity index (χ0n) is 13.5. The molecule has 0 aromatic carbocycles. The summed E-state index contributed by atoms with van der Waals surface area (Å²) in [6.45, 7) is 7.16. The fourth-order valence-electron chi connectivity index (χ4n) is 3.43. The van der Waals surface area contributed by atoms with Gasteiger partial charge in [-0.15, -0.1) is 0 Å². The Hall–Kier alpha value is -0.0900. The van der Waals surface area contributed by atoms with Crippen molar-refractivity contribution in [2.75, 3.05) is 18.1 Å². The van der Waals surface area contributed by atoms with E-state index >= 15 is 0 Å². The summed E-state index contributed by atoms with van der Waals surface area (Å²) in [6.07, 6.45) is 8.48. The lowest BCUT2D eigenvalue weighted by Gasteiger charge is -2.34. The van der Waals surface area contributed by atoms with Crippen molar-refractivity contribution in [2.24, 2.45) is 11.8 Å². The van der Waals surface area contributed by atoms with Gasteiger partial charge >= 0.3 is 0 Å². The predicted octanol–water partition coefficient (Wildman–Crippen LogP) is 3.40. The highest BCUT2D eigenvalue weighted by atomic mass is 32.2. The van der Waals surface area contributed by atoms with Gasteiger partial charge in [-0.2, -0.15) is 0 Å². The standard InChI is InChI=1S/C16H33NO2S/c1-4-14-9-11-15(12-10-14)16(17-5-2)8-7-13-20(18,19)6-3/h14-17H,4-13H2,1-3H3. The zero-order valence-corrected chi connectivity index (χ0v) is 14.3. The first-order valence-electron chi connectivity index (χ1n) is 8.46. The Morgan fingerprint density at radius 1 is 1.10 bits per heavy atom. The molecule has 1 saturated carbocycles. The fraction of sp³-hybridized carbons (Fsp3) is 1.00. The van der Waals surface area contributed by atoms with Gasteiger partial charge in [-0.25, -0.2) is 8.42 Å². The minimum absolute atomic E-state index is 0.278. The minimum atomic E-state index is -2.80. The van der Waals surface area contributed by atoms with Crippen LogP contribution in [0.5, 0.6) is 0 Å². The molecule has 1 unspecified atom stereocenters. The minimum Gasteiger partial charge on any atom is -0.314 e. The molecule has 1 fully saturated rings. The van der Waals surface area contributed by atoms with Gasteiger partial charge in [0, 0.05) is 11.8 Å². The molecular formula is C16H33NO2S. The molecule has 3 nitrogen and oxygen atoms in total. The van der Waals surface area contributed by atoms with E-state index in [-0.39, 0.29) is 5.75 Å². The molecular weight excluding hydrogens is 270 g/mol. The summed E-state index contributed by atoms with van der Waals surface area (Å²) in [5.41, 5.74) is 0. The van der Waals surface area contributed by atoms with E-state index in [1.165, 1.54) is 32.1 Å². The number of hydrogen-bond donors (Lipinski definition) is 1. The smallest absolute Gasteiger partial charge is 0.150 e. The van der Waals surface area contributed by atoms with E-state index in [0.29, 0.717) is 11.8 Å². The molecule has 4 heteroatoms. The third-order valence-electron chi connectivity index (χ3n) is 4.91. The van der Waals surface area contributed by atoms with Gasteiger partial charge in [0.15, 0.2) is 0 Å². The molecule has 0 amide bonds. The molecule has 1 aliphatic carbocycles. The second-order valence-electron chi connectivity index (χ2n) is 6.23. The maximum absolute atomic E-state index is 11.6. The quantitative estimate of drug-likeness (QED) is 0.710. The summed E-state index contributed by atoms with van der Waals surface area (Å²) in [6, 6.07) is 0.518. The van der Waals surface area contributed by atoms with Crippen LogP contribution in [0.2, 0.25) is 0 Å². The SMILES string of the molecule is CCNC(CCCS(=O)(=O)CC)C1CCC(CC)CC1. The summed E-state index contributed by atoms with van der Waals surface area (Å²) in [5, 5.41) is 3.59. The first kappa shape index (κ1) is 18.0. The first-order chi connectivity index (χ1) is 9.52. The largest absolute Gasteiger partial charge is 0.314 e. The van der Waals surface area contributed by atoms with Gasteiger partial charge in [0.25, 0.3) is 0 Å². The van der Waals surface area contributed by atoms with Gasteiger partial charge in [-0.3, -0.25) is 0 Å². The van der Waals surface area contributed by atoms with Gasteiger partial charge in [0.2, 0.25) is 0 Å². The van der Waals surface area contributed by atoms with Crippen LogP contribution in [0.25, 0.3) is 0 Å². The highest BCUT2D eigenvalue weighted by molar-refractivity contribution is 7.91. The van der Waals surface area contributed by atoms with E-state index in [1.54, 1.807) is 6.92 Å². The number of hydrogen-bond acceptors (Lipinski definition) is 3. The van der Waals surface area contributed by atoms with Gasteiger partial charge < -0.3 is 5.32 Å². The average Bonchev–Trinajstić information content (AvgIpc) is 2.46. The van der Waals surface area contributed by atoms with E-state index < -0.39 is 9.84 Å². The third-order valence-corrected chi connectivity index (χ3v) is 6.70. The van der Waals surface area contributed by atoms with Crippen LogP contribution in [0.3, 0.4) is 0 Å². The molecule has 1 N–H and O–H groups in total. The molecule has 0 aliphatic heterocycles. The summed E-state index contributed by atoms with van der Waals surface area (Å²) in [4.78, 5) is 0. The summed E-state index contributed by atoms with van der Waals surface area (Å²) in [5.74, 6) is 2.31. The first-order valence-corrected chi connectivity index (χ1v) is 10.3. The maximum atomic E-state index is 11.6. The number of rotatable bonds is 9. The van der Waals surface area contributed by atoms with Gasteiger partial charge in [0.1, 0.15) is 9.84 Å². The van der Waals surface area contributed by atoms with Gasteiger partial charge in [0.05, 0.1) is 5.75 Å². The molecule has 20 heavy (non-hydrogen) atoms. The molecule has 0 bridgehead atoms. The zero-order chi connectivity index (χ0) is 15.0. The van der Waals surface area contributed by atoms with Crippen molar-refractivity contribution >= 4 is 9.84 Å². The monoisotopic (exact) mass is 303 g/mol. The van der Waals surface area contributed by atoms with E-state index in [2.05, 4.69) is 19.2 Å². The van der Waals surface area contributed by atoms with Crippen LogP contribution in [-0.4, -0.2) is 32.5 Å². The van der Waals surface area contributed by atoms with E-state index in [0.717, 1.165) is 31.2 Å². The van der Waals surface area contributed by atoms with Gasteiger partial charge in [-0.1, -0.05) is 40.0 Å². The van der Waals surface area contributed by atoms with Gasteiger partial charge in [-0.05, 0) is 44.1 Å². The molecule has 0 saturated heterocycles. The molecule has 0 aromatic rings. The Bertz CT molecular complexity index is 345. The molecule has 0 heterocycles. The van der Waals surface area contributed by atoms with Crippen molar-refractivity contribution in [3.05, 3.63) is 0 Å². The molecule has 0 aromatic heterocycles. The van der Waals surface area contributed by atoms with Crippen molar-refractivity contribution in [3.8, 4) is 0 Å². The molecule has 0 spiro atoms. The third kappa shape index (κ3) is 6.13. The second-order valence-corrected chi connectivity index (χ2v) is 8.70. The predicted molar refractivity (Wildman–Crippen MR) is 86.8 cm³/mol. The Kier molecular flexibility index (Phi) is 8.11. The molecule has 0 radical (unpaired) electrons. The van der Waals surface area contributed by atoms with E-state index in [1.807, 2.05) is 0 Å². The van der Waals surface area contributed by atoms with Crippen LogP contribution >= 0.6 is 0 Å². The molecule has 1 rings (SSSR count). The summed E-state index contributed by atoms with van der Waals surface area (Å²) in [7, 11) is -2.80. The fourth-order valence-corrected chi connectivity index (χ4v) is 4.33. The van der Waals surface area contributed by atoms with Crippen molar-refractivity contribution in [1.29, 1.82) is 0 Å². The average molecular weight is 304 g/mol. The van der Waals surface area contributed by atoms with Crippen LogP contribution in [0.15, 0.2) is 0 Å². The van der Waals surface area contributed by atoms with Crippen molar-refractivity contribution in [3.63, 3.8) is 0 Å². The lowest BCUT2D eigenvalue weighted by atomic mass is 9.76. The number of nitrogens with one attached hydrogen (secondary N) is 1. The van der Waals surface area contributed by atoms with Crippen LogP contribution in [0, 0.1) is 11.8 Å². The number of sulfone groups is 1. The topological polar surface area (TPSA) is 46.2 Å². The van der Waals surface area contributed by atoms with E-state index in [4.69, 9.17) is 0 Å². The summed E-state index contributed by atoms with van der Waals surface area (Å²) >= 11 is 0.